The first-order chi connectivity index (χ1) is 8.24. The summed E-state index contributed by atoms with van der Waals surface area (Å²) in [6.07, 6.45) is 4.42. The molecule has 2 aromatic rings. The summed E-state index contributed by atoms with van der Waals surface area (Å²) in [4.78, 5) is 15.2. The van der Waals surface area contributed by atoms with Crippen LogP contribution in [0.5, 0.6) is 0 Å². The predicted octanol–water partition coefficient (Wildman–Crippen LogP) is 1.04. The molecule has 0 saturated heterocycles. The Hall–Kier alpha value is -2.63. The van der Waals surface area contributed by atoms with E-state index in [0.29, 0.717) is 11.6 Å². The molecule has 0 radical (unpaired) electrons. The fourth-order valence-electron chi connectivity index (χ4n) is 1.20. The minimum atomic E-state index is -0.279. The molecule has 86 valence electrons. The van der Waals surface area contributed by atoms with Crippen molar-refractivity contribution >= 4 is 23.6 Å². The van der Waals surface area contributed by atoms with Crippen molar-refractivity contribution in [3.63, 3.8) is 0 Å². The van der Waals surface area contributed by atoms with Crippen LogP contribution in [0.4, 0.5) is 11.6 Å². The standard InChI is InChI=1S/C11H11N5O/c12-9-4-1-8(2-5-9)3-6-10(17)15-11-13-7-14-16-11/h1-7H,12H2,(H2,13,14,15,16,17)/b6-3+. The number of amides is 1. The first-order valence-corrected chi connectivity index (χ1v) is 4.94. The molecule has 1 aromatic carbocycles. The fraction of sp³-hybridized carbons (Fsp3) is 0. The Balaban J connectivity index is 1.96. The van der Waals surface area contributed by atoms with Gasteiger partial charge in [-0.2, -0.15) is 10.1 Å². The zero-order chi connectivity index (χ0) is 12.1. The number of hydrogen-bond donors (Lipinski definition) is 3. The van der Waals surface area contributed by atoms with E-state index in [4.69, 9.17) is 5.73 Å². The lowest BCUT2D eigenvalue weighted by Gasteiger charge is -1.96. The predicted molar refractivity (Wildman–Crippen MR) is 64.9 cm³/mol. The third-order valence-corrected chi connectivity index (χ3v) is 2.02. The smallest absolute Gasteiger partial charge is 0.250 e. The van der Waals surface area contributed by atoms with E-state index < -0.39 is 0 Å². The lowest BCUT2D eigenvalue weighted by atomic mass is 10.2. The largest absolute Gasteiger partial charge is 0.399 e. The molecule has 1 aromatic heterocycles. The number of nitrogens with zero attached hydrogens (tertiary/aromatic N) is 2. The zero-order valence-electron chi connectivity index (χ0n) is 8.92. The van der Waals surface area contributed by atoms with E-state index in [0.717, 1.165) is 5.56 Å². The summed E-state index contributed by atoms with van der Waals surface area (Å²) in [7, 11) is 0. The molecule has 2 rings (SSSR count). The molecule has 0 aliphatic carbocycles. The van der Waals surface area contributed by atoms with Gasteiger partial charge >= 0.3 is 0 Å². The summed E-state index contributed by atoms with van der Waals surface area (Å²) in [5.41, 5.74) is 7.13. The summed E-state index contributed by atoms with van der Waals surface area (Å²) >= 11 is 0. The molecule has 0 spiro atoms. The second-order valence-corrected chi connectivity index (χ2v) is 3.32. The van der Waals surface area contributed by atoms with Crippen molar-refractivity contribution in [2.45, 2.75) is 0 Å². The van der Waals surface area contributed by atoms with Crippen LogP contribution in [0.2, 0.25) is 0 Å². The van der Waals surface area contributed by atoms with Crippen LogP contribution in [-0.2, 0) is 4.79 Å². The van der Waals surface area contributed by atoms with Crippen molar-refractivity contribution in [3.8, 4) is 0 Å². The van der Waals surface area contributed by atoms with E-state index >= 15 is 0 Å². The average molecular weight is 229 g/mol. The van der Waals surface area contributed by atoms with Crippen LogP contribution < -0.4 is 11.1 Å². The normalized spacial score (nSPS) is 10.6. The Morgan fingerprint density at radius 3 is 2.76 bits per heavy atom. The number of aromatic amines is 1. The van der Waals surface area contributed by atoms with Gasteiger partial charge in [-0.15, -0.1) is 0 Å². The number of nitrogens with two attached hydrogens (primary N) is 1. The van der Waals surface area contributed by atoms with Gasteiger partial charge in [0.1, 0.15) is 6.33 Å². The second-order valence-electron chi connectivity index (χ2n) is 3.32. The molecule has 0 atom stereocenters. The molecule has 1 amide bonds. The Kier molecular flexibility index (Phi) is 3.15. The van der Waals surface area contributed by atoms with Gasteiger partial charge in [0.05, 0.1) is 0 Å². The van der Waals surface area contributed by atoms with Crippen LogP contribution in [0.3, 0.4) is 0 Å². The van der Waals surface area contributed by atoms with Gasteiger partial charge in [-0.05, 0) is 23.8 Å². The number of nitrogens with one attached hydrogen (secondary N) is 2. The summed E-state index contributed by atoms with van der Waals surface area (Å²) < 4.78 is 0. The van der Waals surface area contributed by atoms with E-state index in [9.17, 15) is 4.79 Å². The molecular formula is C11H11N5O. The van der Waals surface area contributed by atoms with Gasteiger partial charge in [-0.1, -0.05) is 12.1 Å². The molecule has 6 heteroatoms. The highest BCUT2D eigenvalue weighted by atomic mass is 16.1. The molecule has 0 aliphatic heterocycles. The summed E-state index contributed by atoms with van der Waals surface area (Å²) in [6, 6.07) is 7.20. The Morgan fingerprint density at radius 1 is 1.35 bits per heavy atom. The van der Waals surface area contributed by atoms with E-state index in [1.54, 1.807) is 18.2 Å². The molecular weight excluding hydrogens is 218 g/mol. The van der Waals surface area contributed by atoms with Crippen LogP contribution in [0.15, 0.2) is 36.7 Å². The van der Waals surface area contributed by atoms with Crippen molar-refractivity contribution < 1.29 is 4.79 Å². The van der Waals surface area contributed by atoms with Crippen molar-refractivity contribution in [1.82, 2.24) is 15.2 Å². The molecule has 4 N–H and O–H groups in total. The van der Waals surface area contributed by atoms with Crippen LogP contribution >= 0.6 is 0 Å². The summed E-state index contributed by atoms with van der Waals surface area (Å²) in [5, 5.41) is 8.67. The molecule has 0 aliphatic rings. The molecule has 0 bridgehead atoms. The highest BCUT2D eigenvalue weighted by Crippen LogP contribution is 2.07. The third kappa shape index (κ3) is 3.16. The molecule has 6 nitrogen and oxygen atoms in total. The van der Waals surface area contributed by atoms with E-state index in [1.807, 2.05) is 12.1 Å². The summed E-state index contributed by atoms with van der Waals surface area (Å²) in [6.45, 7) is 0. The van der Waals surface area contributed by atoms with Crippen LogP contribution in [-0.4, -0.2) is 21.1 Å². The quantitative estimate of drug-likeness (QED) is 0.541. The molecule has 0 fully saturated rings. The van der Waals surface area contributed by atoms with E-state index in [1.165, 1.54) is 12.4 Å². The van der Waals surface area contributed by atoms with Gasteiger partial charge < -0.3 is 5.73 Å². The number of hydrogen-bond acceptors (Lipinski definition) is 4. The number of nitrogen functional groups attached to an aromatic ring is 1. The average Bonchev–Trinajstić information content (AvgIpc) is 2.81. The number of rotatable bonds is 3. The van der Waals surface area contributed by atoms with Gasteiger partial charge in [0, 0.05) is 11.8 Å². The van der Waals surface area contributed by atoms with Gasteiger partial charge in [0.25, 0.3) is 5.91 Å². The zero-order valence-corrected chi connectivity index (χ0v) is 8.92. The molecule has 17 heavy (non-hydrogen) atoms. The third-order valence-electron chi connectivity index (χ3n) is 2.02. The van der Waals surface area contributed by atoms with Gasteiger partial charge in [-0.25, -0.2) is 5.10 Å². The minimum absolute atomic E-state index is 0.279. The van der Waals surface area contributed by atoms with Gasteiger partial charge in [-0.3, -0.25) is 10.1 Å². The number of H-pyrrole nitrogens is 1. The van der Waals surface area contributed by atoms with Crippen molar-refractivity contribution in [2.24, 2.45) is 0 Å². The maximum atomic E-state index is 11.4. The molecule has 0 saturated carbocycles. The summed E-state index contributed by atoms with van der Waals surface area (Å²) in [5.74, 6) is 0.0375. The maximum Gasteiger partial charge on any atom is 0.250 e. The van der Waals surface area contributed by atoms with E-state index in [-0.39, 0.29) is 5.91 Å². The topological polar surface area (TPSA) is 96.7 Å². The maximum absolute atomic E-state index is 11.4. The lowest BCUT2D eigenvalue weighted by Crippen LogP contribution is -2.08. The first kappa shape index (κ1) is 10.9. The number of anilines is 2. The second kappa shape index (κ2) is 4.93. The number of benzene rings is 1. The monoisotopic (exact) mass is 229 g/mol. The van der Waals surface area contributed by atoms with Crippen molar-refractivity contribution in [1.29, 1.82) is 0 Å². The van der Waals surface area contributed by atoms with Crippen LogP contribution in [0.25, 0.3) is 6.08 Å². The first-order valence-electron chi connectivity index (χ1n) is 4.94. The van der Waals surface area contributed by atoms with Crippen LogP contribution in [0, 0.1) is 0 Å². The number of carbonyl (C=O) groups is 1. The van der Waals surface area contributed by atoms with Gasteiger partial charge in [0.2, 0.25) is 5.95 Å². The highest BCUT2D eigenvalue weighted by molar-refractivity contribution is 6.00. The lowest BCUT2D eigenvalue weighted by molar-refractivity contribution is -0.111. The van der Waals surface area contributed by atoms with Gasteiger partial charge in [0.15, 0.2) is 0 Å². The fourth-order valence-corrected chi connectivity index (χ4v) is 1.20. The molecule has 0 unspecified atom stereocenters. The minimum Gasteiger partial charge on any atom is -0.399 e. The SMILES string of the molecule is Nc1ccc(/C=C/C(=O)Nc2ncn[nH]2)cc1. The molecule has 1 heterocycles. The van der Waals surface area contributed by atoms with Crippen LogP contribution in [0.1, 0.15) is 5.56 Å². The Morgan fingerprint density at radius 2 is 2.12 bits per heavy atom. The van der Waals surface area contributed by atoms with Crippen molar-refractivity contribution in [3.05, 3.63) is 42.2 Å². The Labute approximate surface area is 97.6 Å². The highest BCUT2D eigenvalue weighted by Gasteiger charge is 1.98. The van der Waals surface area contributed by atoms with Crippen molar-refractivity contribution in [2.75, 3.05) is 11.1 Å². The Bertz CT molecular complexity index is 515. The number of carbonyl (C=O) groups excluding carboxylic acids is 1. The number of aromatic nitrogens is 3. The van der Waals surface area contributed by atoms with E-state index in [2.05, 4.69) is 20.5 Å².